The zero-order chi connectivity index (χ0) is 13.2. The van der Waals surface area contributed by atoms with Crippen LogP contribution in [0.15, 0.2) is 42.5 Å². The minimum Gasteiger partial charge on any atom is -0.375 e. The highest BCUT2D eigenvalue weighted by atomic mass is 32.1. The predicted octanol–water partition coefficient (Wildman–Crippen LogP) is 2.93. The zero-order valence-corrected chi connectivity index (χ0v) is 11.3. The van der Waals surface area contributed by atoms with E-state index in [0.717, 1.165) is 22.2 Å². The van der Waals surface area contributed by atoms with Gasteiger partial charge in [0.2, 0.25) is 0 Å². The van der Waals surface area contributed by atoms with Crippen molar-refractivity contribution >= 4 is 26.7 Å². The maximum atomic E-state index is 5.72. The van der Waals surface area contributed by atoms with E-state index < -0.39 is 0 Å². The Kier molecular flexibility index (Phi) is 3.19. The maximum absolute atomic E-state index is 5.72. The van der Waals surface area contributed by atoms with Gasteiger partial charge < -0.3 is 11.5 Å². The van der Waals surface area contributed by atoms with Gasteiger partial charge in [0.15, 0.2) is 5.13 Å². The molecule has 1 heterocycles. The van der Waals surface area contributed by atoms with Crippen LogP contribution in [-0.4, -0.2) is 4.98 Å². The van der Waals surface area contributed by atoms with Crippen molar-refractivity contribution in [1.82, 2.24) is 4.98 Å². The van der Waals surface area contributed by atoms with Crippen LogP contribution in [0.5, 0.6) is 0 Å². The molecule has 0 saturated carbocycles. The van der Waals surface area contributed by atoms with E-state index in [-0.39, 0.29) is 0 Å². The Balaban J connectivity index is 1.87. The van der Waals surface area contributed by atoms with Gasteiger partial charge >= 0.3 is 0 Å². The number of anilines is 1. The second-order valence-corrected chi connectivity index (χ2v) is 5.61. The number of nitrogens with zero attached hydrogens (tertiary/aromatic N) is 1. The van der Waals surface area contributed by atoms with Crippen molar-refractivity contribution in [3.05, 3.63) is 59.2 Å². The third kappa shape index (κ3) is 2.59. The number of nitrogens with two attached hydrogens (primary N) is 2. The van der Waals surface area contributed by atoms with Crippen LogP contribution in [0.1, 0.15) is 16.7 Å². The monoisotopic (exact) mass is 269 g/mol. The summed E-state index contributed by atoms with van der Waals surface area (Å²) in [5.74, 6) is 0. The molecule has 0 amide bonds. The molecule has 0 bridgehead atoms. The second-order valence-electron chi connectivity index (χ2n) is 4.55. The Morgan fingerprint density at radius 1 is 0.947 bits per heavy atom. The van der Waals surface area contributed by atoms with Gasteiger partial charge in [-0.05, 0) is 35.2 Å². The van der Waals surface area contributed by atoms with Gasteiger partial charge in [0.1, 0.15) is 0 Å². The first-order valence-corrected chi connectivity index (χ1v) is 6.99. The van der Waals surface area contributed by atoms with Crippen molar-refractivity contribution in [2.24, 2.45) is 5.73 Å². The second kappa shape index (κ2) is 4.99. The summed E-state index contributed by atoms with van der Waals surface area (Å²) >= 11 is 1.53. The van der Waals surface area contributed by atoms with E-state index in [2.05, 4.69) is 41.4 Å². The van der Waals surface area contributed by atoms with Crippen LogP contribution < -0.4 is 11.5 Å². The maximum Gasteiger partial charge on any atom is 0.181 e. The van der Waals surface area contributed by atoms with Crippen molar-refractivity contribution in [3.8, 4) is 0 Å². The first-order valence-electron chi connectivity index (χ1n) is 6.17. The predicted molar refractivity (Wildman–Crippen MR) is 81.2 cm³/mol. The van der Waals surface area contributed by atoms with Crippen molar-refractivity contribution in [2.75, 3.05) is 5.73 Å². The van der Waals surface area contributed by atoms with Crippen molar-refractivity contribution in [1.29, 1.82) is 0 Å². The summed E-state index contributed by atoms with van der Waals surface area (Å²) < 4.78 is 1.15. The standard InChI is InChI=1S/C15H15N3S/c16-9-11-3-1-10(2-4-11)7-12-5-6-13-14(8-12)19-15(17)18-13/h1-6,8H,7,9,16H2,(H2,17,18). The highest BCUT2D eigenvalue weighted by molar-refractivity contribution is 7.22. The summed E-state index contributed by atoms with van der Waals surface area (Å²) in [5, 5.41) is 0.624. The fraction of sp³-hybridized carbons (Fsp3) is 0.133. The molecule has 3 rings (SSSR count). The average molecular weight is 269 g/mol. The van der Waals surface area contributed by atoms with Crippen molar-refractivity contribution in [3.63, 3.8) is 0 Å². The van der Waals surface area contributed by atoms with Crippen LogP contribution in [0.4, 0.5) is 5.13 Å². The molecule has 0 saturated heterocycles. The Morgan fingerprint density at radius 2 is 1.63 bits per heavy atom. The van der Waals surface area contributed by atoms with Crippen molar-refractivity contribution < 1.29 is 0 Å². The first-order chi connectivity index (χ1) is 9.24. The number of benzene rings is 2. The number of aromatic nitrogens is 1. The largest absolute Gasteiger partial charge is 0.375 e. The van der Waals surface area contributed by atoms with E-state index in [0.29, 0.717) is 11.7 Å². The van der Waals surface area contributed by atoms with Crippen LogP contribution in [0.25, 0.3) is 10.2 Å². The number of thiazole rings is 1. The summed E-state index contributed by atoms with van der Waals surface area (Å²) in [6.07, 6.45) is 0.915. The Labute approximate surface area is 115 Å². The minimum absolute atomic E-state index is 0.590. The lowest BCUT2D eigenvalue weighted by atomic mass is 10.0. The molecule has 0 spiro atoms. The molecule has 0 unspecified atom stereocenters. The molecule has 3 aromatic rings. The Bertz CT molecular complexity index is 701. The molecule has 96 valence electrons. The van der Waals surface area contributed by atoms with E-state index in [1.54, 1.807) is 0 Å². The molecule has 0 aliphatic rings. The zero-order valence-electron chi connectivity index (χ0n) is 10.5. The molecule has 0 aliphatic carbocycles. The molecule has 0 aliphatic heterocycles. The van der Waals surface area contributed by atoms with Crippen LogP contribution in [-0.2, 0) is 13.0 Å². The smallest absolute Gasteiger partial charge is 0.181 e. The van der Waals surface area contributed by atoms with E-state index in [4.69, 9.17) is 11.5 Å². The normalized spacial score (nSPS) is 11.0. The lowest BCUT2D eigenvalue weighted by molar-refractivity contribution is 1.06. The fourth-order valence-corrected chi connectivity index (χ4v) is 2.92. The quantitative estimate of drug-likeness (QED) is 0.768. The summed E-state index contributed by atoms with van der Waals surface area (Å²) in [5.41, 5.74) is 16.0. The van der Waals surface area contributed by atoms with E-state index in [1.807, 2.05) is 6.07 Å². The number of rotatable bonds is 3. The molecular formula is C15H15N3S. The van der Waals surface area contributed by atoms with E-state index >= 15 is 0 Å². The lowest BCUT2D eigenvalue weighted by Gasteiger charge is -2.03. The summed E-state index contributed by atoms with van der Waals surface area (Å²) in [7, 11) is 0. The van der Waals surface area contributed by atoms with Gasteiger partial charge in [0, 0.05) is 6.54 Å². The number of fused-ring (bicyclic) bond motifs is 1. The van der Waals surface area contributed by atoms with E-state index in [1.165, 1.54) is 22.5 Å². The number of hydrogen-bond donors (Lipinski definition) is 2. The van der Waals surface area contributed by atoms with Crippen LogP contribution in [0.3, 0.4) is 0 Å². The number of hydrogen-bond acceptors (Lipinski definition) is 4. The third-order valence-corrected chi connectivity index (χ3v) is 3.98. The molecule has 0 radical (unpaired) electrons. The SMILES string of the molecule is NCc1ccc(Cc2ccc3nc(N)sc3c2)cc1. The van der Waals surface area contributed by atoms with Gasteiger partial charge in [0.25, 0.3) is 0 Å². The fourth-order valence-electron chi connectivity index (χ4n) is 2.13. The van der Waals surface area contributed by atoms with Gasteiger partial charge in [0.05, 0.1) is 10.2 Å². The summed E-state index contributed by atoms with van der Waals surface area (Å²) in [6.45, 7) is 0.590. The molecule has 0 fully saturated rings. The highest BCUT2D eigenvalue weighted by Gasteiger charge is 2.03. The van der Waals surface area contributed by atoms with Crippen LogP contribution in [0.2, 0.25) is 0 Å². The van der Waals surface area contributed by atoms with Gasteiger partial charge in [-0.3, -0.25) is 0 Å². The molecular weight excluding hydrogens is 254 g/mol. The average Bonchev–Trinajstić information content (AvgIpc) is 2.79. The van der Waals surface area contributed by atoms with Gasteiger partial charge in [-0.15, -0.1) is 0 Å². The molecule has 3 nitrogen and oxygen atoms in total. The summed E-state index contributed by atoms with van der Waals surface area (Å²) in [4.78, 5) is 4.27. The van der Waals surface area contributed by atoms with Crippen LogP contribution >= 0.6 is 11.3 Å². The Hall–Kier alpha value is -1.91. The molecule has 4 N–H and O–H groups in total. The number of nitrogen functional groups attached to an aromatic ring is 1. The van der Waals surface area contributed by atoms with Gasteiger partial charge in [-0.2, -0.15) is 0 Å². The molecule has 2 aromatic carbocycles. The highest BCUT2D eigenvalue weighted by Crippen LogP contribution is 2.25. The molecule has 0 atom stereocenters. The Morgan fingerprint density at radius 3 is 2.37 bits per heavy atom. The van der Waals surface area contributed by atoms with Gasteiger partial charge in [-0.25, -0.2) is 4.98 Å². The third-order valence-electron chi connectivity index (χ3n) is 3.14. The molecule has 4 heteroatoms. The first kappa shape index (κ1) is 12.1. The summed E-state index contributed by atoms with van der Waals surface area (Å²) in [6, 6.07) is 14.7. The minimum atomic E-state index is 0.590. The molecule has 19 heavy (non-hydrogen) atoms. The van der Waals surface area contributed by atoms with Crippen molar-refractivity contribution in [2.45, 2.75) is 13.0 Å². The van der Waals surface area contributed by atoms with Gasteiger partial charge in [-0.1, -0.05) is 41.7 Å². The van der Waals surface area contributed by atoms with Crippen LogP contribution in [0, 0.1) is 0 Å². The lowest BCUT2D eigenvalue weighted by Crippen LogP contribution is -1.96. The topological polar surface area (TPSA) is 64.9 Å². The molecule has 1 aromatic heterocycles. The van der Waals surface area contributed by atoms with E-state index in [9.17, 15) is 0 Å².